The molecule has 0 radical (unpaired) electrons. The van der Waals surface area contributed by atoms with E-state index in [9.17, 15) is 30.0 Å². The van der Waals surface area contributed by atoms with E-state index in [4.69, 9.17) is 9.15 Å². The van der Waals surface area contributed by atoms with Crippen LogP contribution in [0.4, 0.5) is 0 Å². The Morgan fingerprint density at radius 3 is 2.09 bits per heavy atom. The van der Waals surface area contributed by atoms with Crippen LogP contribution in [0.3, 0.4) is 0 Å². The highest BCUT2D eigenvalue weighted by molar-refractivity contribution is 5.89. The van der Waals surface area contributed by atoms with Gasteiger partial charge < -0.3 is 29.6 Å². The molecule has 3 aromatic rings. The summed E-state index contributed by atoms with van der Waals surface area (Å²) >= 11 is 0. The fourth-order valence-electron chi connectivity index (χ4n) is 4.27. The first kappa shape index (κ1) is 35.7. The predicted octanol–water partition coefficient (Wildman–Crippen LogP) is 9.19. The van der Waals surface area contributed by atoms with Crippen molar-refractivity contribution >= 4 is 16.9 Å². The van der Waals surface area contributed by atoms with Crippen LogP contribution in [-0.2, 0) is 4.79 Å². The molecule has 0 aliphatic carbocycles. The molecule has 0 bridgehead atoms. The second-order valence-corrected chi connectivity index (χ2v) is 10.4. The van der Waals surface area contributed by atoms with Crippen LogP contribution in [0.1, 0.15) is 91.4 Å². The molecule has 0 saturated heterocycles. The van der Waals surface area contributed by atoms with Crippen molar-refractivity contribution in [3.63, 3.8) is 0 Å². The minimum atomic E-state index is -0.809. The summed E-state index contributed by atoms with van der Waals surface area (Å²) in [6, 6.07) is 5.85. The third kappa shape index (κ3) is 11.7. The molecule has 2 aromatic carbocycles. The Kier molecular flexibility index (Phi) is 16.0. The van der Waals surface area contributed by atoms with Gasteiger partial charge in [-0.1, -0.05) is 82.9 Å². The second kappa shape index (κ2) is 19.7. The number of carbonyl (C=O) groups excluding carboxylic acids is 1. The highest BCUT2D eigenvalue weighted by Gasteiger charge is 2.23. The van der Waals surface area contributed by atoms with Gasteiger partial charge in [-0.15, -0.1) is 0 Å². The Bertz CT molecular complexity index is 1480. The van der Waals surface area contributed by atoms with E-state index in [1.54, 1.807) is 0 Å². The van der Waals surface area contributed by atoms with Crippen LogP contribution in [0, 0.1) is 0 Å². The Hall–Kier alpha value is -4.46. The quantitative estimate of drug-likeness (QED) is 0.0581. The molecule has 1 heterocycles. The zero-order valence-electron chi connectivity index (χ0n) is 26.1. The van der Waals surface area contributed by atoms with Gasteiger partial charge >= 0.3 is 5.97 Å². The molecule has 0 unspecified atom stereocenters. The first-order valence-corrected chi connectivity index (χ1v) is 15.4. The number of benzene rings is 2. The molecule has 0 atom stereocenters. The molecule has 0 amide bonds. The molecule has 0 aliphatic rings. The standard InChI is InChI=1S/C33H38O8.C3H8/c1-2-3-4-5-6-7-8-9-10-11-12-13-14-15-16-17-29(38)41-33-31(39)30-27(37)21-24(34)22-28(30)40-32(33)23-18-19-25(35)26(36)20-23;1-3-2/h3-4,6-7,9-10,18-22,34-37H,2,5,8,11-17H2,1H3;3H2,1-2H3/b4-3-,7-6-,10-9-;. The van der Waals surface area contributed by atoms with Crippen LogP contribution in [0.15, 0.2) is 76.0 Å². The highest BCUT2D eigenvalue weighted by Crippen LogP contribution is 2.38. The summed E-state index contributed by atoms with van der Waals surface area (Å²) in [6.07, 6.45) is 22.9. The van der Waals surface area contributed by atoms with E-state index >= 15 is 0 Å². The van der Waals surface area contributed by atoms with E-state index in [1.807, 2.05) is 0 Å². The number of hydrogen-bond acceptors (Lipinski definition) is 8. The Balaban J connectivity index is 0.00000216. The molecule has 0 saturated carbocycles. The first-order valence-electron chi connectivity index (χ1n) is 15.4. The van der Waals surface area contributed by atoms with E-state index < -0.39 is 28.6 Å². The van der Waals surface area contributed by atoms with Crippen LogP contribution < -0.4 is 10.2 Å². The van der Waals surface area contributed by atoms with Gasteiger partial charge in [-0.25, -0.2) is 0 Å². The summed E-state index contributed by atoms with van der Waals surface area (Å²) in [5, 5.41) is 39.4. The average molecular weight is 607 g/mol. The van der Waals surface area contributed by atoms with Gasteiger partial charge in [0.2, 0.25) is 11.2 Å². The van der Waals surface area contributed by atoms with Gasteiger partial charge in [-0.3, -0.25) is 9.59 Å². The molecule has 0 aliphatic heterocycles. The minimum Gasteiger partial charge on any atom is -0.508 e. The maximum atomic E-state index is 13.3. The Labute approximate surface area is 259 Å². The molecule has 0 fully saturated rings. The predicted molar refractivity (Wildman–Crippen MR) is 175 cm³/mol. The van der Waals surface area contributed by atoms with Crippen molar-refractivity contribution in [3.8, 4) is 40.1 Å². The van der Waals surface area contributed by atoms with Gasteiger partial charge in [0.1, 0.15) is 22.5 Å². The fourth-order valence-corrected chi connectivity index (χ4v) is 4.27. The fraction of sp³-hybridized carbons (Fsp3) is 0.389. The SMILES string of the molecule is CC/C=C\C/C=C\C/C=C\CCCCCCCC(=O)Oc1c(-c2ccc(O)c(O)c2)oc2cc(O)cc(O)c2c1=O.CCC. The number of phenols is 4. The number of aromatic hydroxyl groups is 4. The van der Waals surface area contributed by atoms with E-state index in [0.717, 1.165) is 69.6 Å². The average Bonchev–Trinajstić information content (AvgIpc) is 2.98. The monoisotopic (exact) mass is 606 g/mol. The van der Waals surface area contributed by atoms with Gasteiger partial charge in [0.05, 0.1) is 0 Å². The molecule has 4 N–H and O–H groups in total. The highest BCUT2D eigenvalue weighted by atomic mass is 16.5. The normalized spacial score (nSPS) is 11.4. The van der Waals surface area contributed by atoms with E-state index in [-0.39, 0.29) is 40.2 Å². The molecular weight excluding hydrogens is 560 g/mol. The number of esters is 1. The van der Waals surface area contributed by atoms with Crippen molar-refractivity contribution < 1.29 is 34.4 Å². The van der Waals surface area contributed by atoms with Gasteiger partial charge in [0, 0.05) is 24.1 Å². The largest absolute Gasteiger partial charge is 0.508 e. The van der Waals surface area contributed by atoms with Gasteiger partial charge in [-0.2, -0.15) is 0 Å². The third-order valence-corrected chi connectivity index (χ3v) is 6.40. The molecule has 238 valence electrons. The van der Waals surface area contributed by atoms with Crippen molar-refractivity contribution in [2.24, 2.45) is 0 Å². The number of ether oxygens (including phenoxy) is 1. The molecule has 8 nitrogen and oxygen atoms in total. The number of phenolic OH excluding ortho intramolecular Hbond substituents is 4. The van der Waals surface area contributed by atoms with Crippen molar-refractivity contribution in [1.29, 1.82) is 0 Å². The second-order valence-electron chi connectivity index (χ2n) is 10.4. The summed E-state index contributed by atoms with van der Waals surface area (Å²) < 4.78 is 11.2. The maximum Gasteiger partial charge on any atom is 0.311 e. The molecule has 1 aromatic heterocycles. The van der Waals surface area contributed by atoms with Crippen LogP contribution in [0.25, 0.3) is 22.3 Å². The zero-order valence-corrected chi connectivity index (χ0v) is 26.1. The topological polar surface area (TPSA) is 137 Å². The number of rotatable bonds is 15. The van der Waals surface area contributed by atoms with Crippen molar-refractivity contribution in [1.82, 2.24) is 0 Å². The Morgan fingerprint density at radius 2 is 1.41 bits per heavy atom. The summed E-state index contributed by atoms with van der Waals surface area (Å²) in [5.41, 5.74) is -0.795. The lowest BCUT2D eigenvalue weighted by atomic mass is 10.1. The Morgan fingerprint density at radius 1 is 0.773 bits per heavy atom. The van der Waals surface area contributed by atoms with Crippen molar-refractivity contribution in [3.05, 3.63) is 77.0 Å². The number of hydrogen-bond donors (Lipinski definition) is 4. The van der Waals surface area contributed by atoms with Gasteiger partial charge in [0.25, 0.3) is 0 Å². The summed E-state index contributed by atoms with van der Waals surface area (Å²) in [5.74, 6) is -2.99. The number of allylic oxidation sites excluding steroid dienone is 6. The van der Waals surface area contributed by atoms with Gasteiger partial charge in [0.15, 0.2) is 17.3 Å². The van der Waals surface area contributed by atoms with Gasteiger partial charge in [-0.05, 0) is 56.7 Å². The number of carbonyl (C=O) groups is 1. The zero-order chi connectivity index (χ0) is 32.3. The lowest BCUT2D eigenvalue weighted by Crippen LogP contribution is -2.16. The minimum absolute atomic E-state index is 0.0823. The first-order chi connectivity index (χ1) is 21.2. The van der Waals surface area contributed by atoms with E-state index in [2.05, 4.69) is 57.2 Å². The van der Waals surface area contributed by atoms with Crippen molar-refractivity contribution in [2.45, 2.75) is 91.4 Å². The smallest absolute Gasteiger partial charge is 0.311 e. The number of unbranched alkanes of at least 4 members (excludes halogenated alkanes) is 5. The van der Waals surface area contributed by atoms with Crippen LogP contribution in [0.2, 0.25) is 0 Å². The summed E-state index contributed by atoms with van der Waals surface area (Å²) in [6.45, 7) is 6.37. The summed E-state index contributed by atoms with van der Waals surface area (Å²) in [4.78, 5) is 25.9. The molecule has 0 spiro atoms. The molecule has 8 heteroatoms. The van der Waals surface area contributed by atoms with E-state index in [0.29, 0.717) is 6.42 Å². The molecule has 3 rings (SSSR count). The van der Waals surface area contributed by atoms with Crippen LogP contribution in [-0.4, -0.2) is 26.4 Å². The molecular formula is C36H46O8. The van der Waals surface area contributed by atoms with E-state index in [1.165, 1.54) is 18.6 Å². The van der Waals surface area contributed by atoms with Crippen LogP contribution in [0.5, 0.6) is 28.7 Å². The third-order valence-electron chi connectivity index (χ3n) is 6.40. The lowest BCUT2D eigenvalue weighted by Gasteiger charge is -2.12. The van der Waals surface area contributed by atoms with Crippen molar-refractivity contribution in [2.75, 3.05) is 0 Å². The number of fused-ring (bicyclic) bond motifs is 1. The molecule has 44 heavy (non-hydrogen) atoms. The maximum absolute atomic E-state index is 13.3. The van der Waals surface area contributed by atoms with Crippen LogP contribution >= 0.6 is 0 Å². The summed E-state index contributed by atoms with van der Waals surface area (Å²) in [7, 11) is 0. The lowest BCUT2D eigenvalue weighted by molar-refractivity contribution is -0.134.